The van der Waals surface area contributed by atoms with Crippen molar-refractivity contribution in [1.82, 2.24) is 9.80 Å². The van der Waals surface area contributed by atoms with Crippen molar-refractivity contribution in [2.24, 2.45) is 0 Å². The molecule has 0 radical (unpaired) electrons. The molecule has 23 heavy (non-hydrogen) atoms. The van der Waals surface area contributed by atoms with E-state index < -0.39 is 6.04 Å². The molecule has 0 bridgehead atoms. The van der Waals surface area contributed by atoms with Crippen LogP contribution in [-0.2, 0) is 20.9 Å². The van der Waals surface area contributed by atoms with Gasteiger partial charge in [0.1, 0.15) is 12.6 Å². The van der Waals surface area contributed by atoms with Gasteiger partial charge in [0, 0.05) is 25.4 Å². The number of carbonyl (C=O) groups is 2. The summed E-state index contributed by atoms with van der Waals surface area (Å²) in [5.41, 5.74) is 1.03. The van der Waals surface area contributed by atoms with E-state index >= 15 is 0 Å². The van der Waals surface area contributed by atoms with Crippen molar-refractivity contribution >= 4 is 23.6 Å². The molecule has 2 heterocycles. The van der Waals surface area contributed by atoms with Crippen molar-refractivity contribution in [3.05, 3.63) is 35.9 Å². The average molecular weight is 334 g/mol. The summed E-state index contributed by atoms with van der Waals surface area (Å²) in [7, 11) is 0. The number of rotatable bonds is 3. The van der Waals surface area contributed by atoms with Gasteiger partial charge >= 0.3 is 0 Å². The molecule has 0 aliphatic carbocycles. The third kappa shape index (κ3) is 4.06. The van der Waals surface area contributed by atoms with E-state index in [9.17, 15) is 9.59 Å². The van der Waals surface area contributed by atoms with Gasteiger partial charge < -0.3 is 14.5 Å². The second kappa shape index (κ2) is 7.84. The van der Waals surface area contributed by atoms with Gasteiger partial charge in [0.2, 0.25) is 11.8 Å². The van der Waals surface area contributed by atoms with Crippen molar-refractivity contribution < 1.29 is 14.3 Å². The first-order valence-corrected chi connectivity index (χ1v) is 9.19. The van der Waals surface area contributed by atoms with Crippen molar-refractivity contribution in [3.8, 4) is 0 Å². The molecule has 2 aliphatic rings. The van der Waals surface area contributed by atoms with Gasteiger partial charge in [0.25, 0.3) is 0 Å². The quantitative estimate of drug-likeness (QED) is 0.838. The molecule has 1 aromatic rings. The predicted octanol–water partition coefficient (Wildman–Crippen LogP) is 1.38. The molecule has 5 nitrogen and oxygen atoms in total. The molecule has 2 fully saturated rings. The normalized spacial score (nSPS) is 22.8. The van der Waals surface area contributed by atoms with Gasteiger partial charge in [0.15, 0.2) is 0 Å². The van der Waals surface area contributed by atoms with Crippen LogP contribution in [0.4, 0.5) is 0 Å². The van der Waals surface area contributed by atoms with Gasteiger partial charge in [0.05, 0.1) is 6.61 Å². The number of benzene rings is 1. The Hall–Kier alpha value is -1.53. The fourth-order valence-electron chi connectivity index (χ4n) is 2.96. The summed E-state index contributed by atoms with van der Waals surface area (Å²) in [6.45, 7) is 2.35. The van der Waals surface area contributed by atoms with Crippen LogP contribution in [0.3, 0.4) is 0 Å². The first-order chi connectivity index (χ1) is 11.3. The standard InChI is InChI=1S/C17H22N2O3S/c20-16-13-22-12-15(17(21)18-7-4-9-23-10-8-18)19(16)11-14-5-2-1-3-6-14/h1-3,5-6,15H,4,7-13H2. The fourth-order valence-corrected chi connectivity index (χ4v) is 3.85. The number of hydrogen-bond acceptors (Lipinski definition) is 4. The highest BCUT2D eigenvalue weighted by Gasteiger charge is 2.36. The Labute approximate surface area is 141 Å². The Bertz CT molecular complexity index is 544. The largest absolute Gasteiger partial charge is 0.369 e. The monoisotopic (exact) mass is 334 g/mol. The third-order valence-electron chi connectivity index (χ3n) is 4.21. The molecule has 2 aliphatic heterocycles. The zero-order valence-electron chi connectivity index (χ0n) is 13.1. The molecule has 0 spiro atoms. The maximum Gasteiger partial charge on any atom is 0.249 e. The van der Waals surface area contributed by atoms with E-state index in [0.29, 0.717) is 13.2 Å². The van der Waals surface area contributed by atoms with Gasteiger partial charge in [-0.05, 0) is 17.7 Å². The van der Waals surface area contributed by atoms with Crippen LogP contribution in [-0.4, -0.2) is 65.5 Å². The lowest BCUT2D eigenvalue weighted by Gasteiger charge is -2.37. The first kappa shape index (κ1) is 16.3. The summed E-state index contributed by atoms with van der Waals surface area (Å²) in [4.78, 5) is 28.8. The van der Waals surface area contributed by atoms with Crippen LogP contribution in [0.2, 0.25) is 0 Å². The van der Waals surface area contributed by atoms with E-state index in [1.807, 2.05) is 47.0 Å². The van der Waals surface area contributed by atoms with Gasteiger partial charge in [-0.1, -0.05) is 30.3 Å². The molecule has 0 saturated carbocycles. The van der Waals surface area contributed by atoms with E-state index in [1.54, 1.807) is 4.90 Å². The minimum atomic E-state index is -0.500. The summed E-state index contributed by atoms with van der Waals surface area (Å²) in [5.74, 6) is 1.97. The van der Waals surface area contributed by atoms with Crippen LogP contribution in [0.1, 0.15) is 12.0 Å². The Balaban J connectivity index is 1.74. The highest BCUT2D eigenvalue weighted by molar-refractivity contribution is 7.99. The maximum absolute atomic E-state index is 12.9. The third-order valence-corrected chi connectivity index (χ3v) is 5.26. The second-order valence-electron chi connectivity index (χ2n) is 5.83. The first-order valence-electron chi connectivity index (χ1n) is 8.03. The van der Waals surface area contributed by atoms with Crippen LogP contribution in [0, 0.1) is 0 Å². The maximum atomic E-state index is 12.9. The Morgan fingerprint density at radius 3 is 2.87 bits per heavy atom. The van der Waals surface area contributed by atoms with Crippen molar-refractivity contribution in [1.29, 1.82) is 0 Å². The van der Waals surface area contributed by atoms with Crippen LogP contribution in [0.15, 0.2) is 30.3 Å². The van der Waals surface area contributed by atoms with E-state index in [1.165, 1.54) is 0 Å². The second-order valence-corrected chi connectivity index (χ2v) is 7.05. The van der Waals surface area contributed by atoms with Crippen molar-refractivity contribution in [2.75, 3.05) is 37.8 Å². The van der Waals surface area contributed by atoms with Crippen molar-refractivity contribution in [2.45, 2.75) is 19.0 Å². The lowest BCUT2D eigenvalue weighted by atomic mass is 10.1. The molecular formula is C17H22N2O3S. The molecule has 0 N–H and O–H groups in total. The Morgan fingerprint density at radius 2 is 2.04 bits per heavy atom. The van der Waals surface area contributed by atoms with E-state index in [2.05, 4.69) is 0 Å². The minimum absolute atomic E-state index is 0.0245. The molecule has 2 amide bonds. The predicted molar refractivity (Wildman–Crippen MR) is 90.1 cm³/mol. The number of amides is 2. The van der Waals surface area contributed by atoms with Crippen LogP contribution in [0.25, 0.3) is 0 Å². The number of hydrogen-bond donors (Lipinski definition) is 0. The van der Waals surface area contributed by atoms with Crippen LogP contribution in [0.5, 0.6) is 0 Å². The van der Waals surface area contributed by atoms with E-state index in [-0.39, 0.29) is 18.4 Å². The number of nitrogens with zero attached hydrogens (tertiary/aromatic N) is 2. The molecule has 2 saturated heterocycles. The summed E-state index contributed by atoms with van der Waals surface area (Å²) < 4.78 is 5.36. The van der Waals surface area contributed by atoms with E-state index in [4.69, 9.17) is 4.74 Å². The Kier molecular flexibility index (Phi) is 5.56. The van der Waals surface area contributed by atoms with Crippen LogP contribution < -0.4 is 0 Å². The number of ether oxygens (including phenoxy) is 1. The van der Waals surface area contributed by atoms with Gasteiger partial charge in [-0.3, -0.25) is 9.59 Å². The van der Waals surface area contributed by atoms with Gasteiger partial charge in [-0.25, -0.2) is 0 Å². The average Bonchev–Trinajstić information content (AvgIpc) is 2.86. The molecule has 0 aromatic heterocycles. The number of carbonyl (C=O) groups excluding carboxylic acids is 2. The molecule has 1 atom stereocenters. The molecule has 124 valence electrons. The SMILES string of the molecule is O=C(C1COCC(=O)N1Cc1ccccc1)N1CCCSCC1. The van der Waals surface area contributed by atoms with E-state index in [0.717, 1.165) is 36.6 Å². The molecular weight excluding hydrogens is 312 g/mol. The Morgan fingerprint density at radius 1 is 1.22 bits per heavy atom. The lowest BCUT2D eigenvalue weighted by Crippen LogP contribution is -2.57. The zero-order chi connectivity index (χ0) is 16.1. The summed E-state index contributed by atoms with van der Waals surface area (Å²) in [6.07, 6.45) is 1.01. The van der Waals surface area contributed by atoms with Crippen molar-refractivity contribution in [3.63, 3.8) is 0 Å². The smallest absolute Gasteiger partial charge is 0.249 e. The zero-order valence-corrected chi connectivity index (χ0v) is 14.0. The molecule has 3 rings (SSSR count). The molecule has 6 heteroatoms. The number of thioether (sulfide) groups is 1. The molecule has 1 unspecified atom stereocenters. The fraction of sp³-hybridized carbons (Fsp3) is 0.529. The summed E-state index contributed by atoms with van der Waals surface area (Å²) >= 11 is 1.88. The number of morpholine rings is 1. The molecule has 1 aromatic carbocycles. The van der Waals surface area contributed by atoms with Gasteiger partial charge in [-0.15, -0.1) is 0 Å². The lowest BCUT2D eigenvalue weighted by molar-refractivity contribution is -0.159. The van der Waals surface area contributed by atoms with Crippen LogP contribution >= 0.6 is 11.8 Å². The highest BCUT2D eigenvalue weighted by atomic mass is 32.2. The topological polar surface area (TPSA) is 49.9 Å². The highest BCUT2D eigenvalue weighted by Crippen LogP contribution is 2.18. The minimum Gasteiger partial charge on any atom is -0.369 e. The van der Waals surface area contributed by atoms with Gasteiger partial charge in [-0.2, -0.15) is 11.8 Å². The summed E-state index contributed by atoms with van der Waals surface area (Å²) in [5, 5.41) is 0. The summed E-state index contributed by atoms with van der Waals surface area (Å²) in [6, 6.07) is 9.30.